The fourth-order valence-corrected chi connectivity index (χ4v) is 1.89. The van der Waals surface area contributed by atoms with E-state index in [9.17, 15) is 9.90 Å². The van der Waals surface area contributed by atoms with Crippen molar-refractivity contribution in [3.8, 4) is 0 Å². The largest absolute Gasteiger partial charge is 0.388 e. The molecule has 0 fully saturated rings. The van der Waals surface area contributed by atoms with E-state index in [1.165, 1.54) is 0 Å². The van der Waals surface area contributed by atoms with Gasteiger partial charge in [-0.05, 0) is 24.8 Å². The molecule has 0 radical (unpaired) electrons. The van der Waals surface area contributed by atoms with Crippen molar-refractivity contribution < 1.29 is 9.90 Å². The highest BCUT2D eigenvalue weighted by Crippen LogP contribution is 2.14. The van der Waals surface area contributed by atoms with Gasteiger partial charge in [0.25, 0.3) is 0 Å². The zero-order valence-corrected chi connectivity index (χ0v) is 11.7. The third-order valence-electron chi connectivity index (χ3n) is 3.21. The molecule has 1 atom stereocenters. The maximum absolute atomic E-state index is 11.6. The second kappa shape index (κ2) is 8.53. The predicted octanol–water partition coefficient (Wildman–Crippen LogP) is 2.60. The number of hydrogen-bond acceptors (Lipinski definition) is 2. The van der Waals surface area contributed by atoms with Gasteiger partial charge in [0.15, 0.2) is 0 Å². The van der Waals surface area contributed by atoms with E-state index < -0.39 is 6.10 Å². The molecule has 1 rings (SSSR count). The van der Waals surface area contributed by atoms with Crippen molar-refractivity contribution in [2.45, 2.75) is 45.3 Å². The van der Waals surface area contributed by atoms with E-state index in [0.717, 1.165) is 18.4 Å². The van der Waals surface area contributed by atoms with Crippen molar-refractivity contribution in [3.63, 3.8) is 0 Å². The van der Waals surface area contributed by atoms with Gasteiger partial charge in [0.1, 0.15) is 0 Å². The van der Waals surface area contributed by atoms with Crippen molar-refractivity contribution in [1.29, 1.82) is 0 Å². The van der Waals surface area contributed by atoms with Crippen LogP contribution in [0.4, 0.5) is 4.79 Å². The van der Waals surface area contributed by atoms with Gasteiger partial charge in [-0.1, -0.05) is 44.2 Å². The van der Waals surface area contributed by atoms with E-state index in [1.54, 1.807) is 0 Å². The van der Waals surface area contributed by atoms with E-state index in [4.69, 9.17) is 0 Å². The van der Waals surface area contributed by atoms with Gasteiger partial charge in [-0.3, -0.25) is 0 Å². The van der Waals surface area contributed by atoms with E-state index >= 15 is 0 Å². The molecule has 1 aromatic carbocycles. The lowest BCUT2D eigenvalue weighted by Gasteiger charge is -2.16. The Morgan fingerprint density at radius 3 is 2.42 bits per heavy atom. The molecule has 0 aliphatic carbocycles. The molecule has 1 unspecified atom stereocenters. The second-order valence-corrected chi connectivity index (χ2v) is 4.63. The predicted molar refractivity (Wildman–Crippen MR) is 76.9 cm³/mol. The van der Waals surface area contributed by atoms with Crippen LogP contribution in [0.15, 0.2) is 30.3 Å². The topological polar surface area (TPSA) is 61.4 Å². The molecule has 0 heterocycles. The highest BCUT2D eigenvalue weighted by molar-refractivity contribution is 5.74. The van der Waals surface area contributed by atoms with Crippen LogP contribution in [0.5, 0.6) is 0 Å². The van der Waals surface area contributed by atoms with Crippen molar-refractivity contribution in [2.24, 2.45) is 0 Å². The average molecular weight is 264 g/mol. The molecule has 4 nitrogen and oxygen atoms in total. The number of aliphatic hydroxyl groups excluding tert-OH is 1. The van der Waals surface area contributed by atoms with E-state index in [-0.39, 0.29) is 12.1 Å². The fraction of sp³-hybridized carbons (Fsp3) is 0.533. The minimum atomic E-state index is -0.533. The molecule has 0 saturated carbocycles. The number of rotatable bonds is 7. The standard InChI is InChI=1S/C15H24N2O2/c1-3-13(4-2)17-15(19)16-11-10-14(18)12-8-6-5-7-9-12/h5-9,13-14,18H,3-4,10-11H2,1-2H3,(H2,16,17,19). The van der Waals surface area contributed by atoms with Gasteiger partial charge >= 0.3 is 6.03 Å². The summed E-state index contributed by atoms with van der Waals surface area (Å²) in [5.74, 6) is 0. The number of amides is 2. The molecular formula is C15H24N2O2. The summed E-state index contributed by atoms with van der Waals surface area (Å²) in [6, 6.07) is 9.53. The van der Waals surface area contributed by atoms with Crippen molar-refractivity contribution >= 4 is 6.03 Å². The highest BCUT2D eigenvalue weighted by Gasteiger charge is 2.09. The number of carbonyl (C=O) groups is 1. The molecule has 19 heavy (non-hydrogen) atoms. The lowest BCUT2D eigenvalue weighted by molar-refractivity contribution is 0.166. The van der Waals surface area contributed by atoms with Gasteiger partial charge in [-0.25, -0.2) is 4.79 Å². The minimum Gasteiger partial charge on any atom is -0.388 e. The number of benzene rings is 1. The Labute approximate surface area is 115 Å². The first-order chi connectivity index (χ1) is 9.17. The van der Waals surface area contributed by atoms with Gasteiger partial charge in [0, 0.05) is 12.6 Å². The van der Waals surface area contributed by atoms with Gasteiger partial charge in [0.05, 0.1) is 6.10 Å². The van der Waals surface area contributed by atoms with E-state index in [2.05, 4.69) is 10.6 Å². The van der Waals surface area contributed by atoms with Crippen molar-refractivity contribution in [2.75, 3.05) is 6.54 Å². The first-order valence-electron chi connectivity index (χ1n) is 6.94. The van der Waals surface area contributed by atoms with Crippen LogP contribution >= 0.6 is 0 Å². The number of nitrogens with one attached hydrogen (secondary N) is 2. The van der Waals surface area contributed by atoms with Crippen molar-refractivity contribution in [1.82, 2.24) is 10.6 Å². The van der Waals surface area contributed by atoms with Crippen LogP contribution in [0.25, 0.3) is 0 Å². The quantitative estimate of drug-likeness (QED) is 0.709. The first kappa shape index (κ1) is 15.5. The van der Waals surface area contributed by atoms with Crippen LogP contribution in [0.1, 0.15) is 44.8 Å². The van der Waals surface area contributed by atoms with Crippen LogP contribution in [0, 0.1) is 0 Å². The van der Waals surface area contributed by atoms with Crippen LogP contribution in [0.3, 0.4) is 0 Å². The van der Waals surface area contributed by atoms with Crippen LogP contribution < -0.4 is 10.6 Å². The molecule has 0 aromatic heterocycles. The number of hydrogen-bond donors (Lipinski definition) is 3. The summed E-state index contributed by atoms with van der Waals surface area (Å²) in [6.07, 6.45) is 1.84. The summed E-state index contributed by atoms with van der Waals surface area (Å²) >= 11 is 0. The molecular weight excluding hydrogens is 240 g/mol. The summed E-state index contributed by atoms with van der Waals surface area (Å²) < 4.78 is 0. The summed E-state index contributed by atoms with van der Waals surface area (Å²) in [6.45, 7) is 4.56. The Morgan fingerprint density at radius 1 is 1.21 bits per heavy atom. The maximum atomic E-state index is 11.6. The molecule has 2 amide bonds. The molecule has 0 spiro atoms. The molecule has 0 aliphatic heterocycles. The van der Waals surface area contributed by atoms with Gasteiger partial charge < -0.3 is 15.7 Å². The third kappa shape index (κ3) is 5.75. The summed E-state index contributed by atoms with van der Waals surface area (Å²) in [5, 5.41) is 15.6. The molecule has 0 saturated heterocycles. The monoisotopic (exact) mass is 264 g/mol. The van der Waals surface area contributed by atoms with Crippen molar-refractivity contribution in [3.05, 3.63) is 35.9 Å². The second-order valence-electron chi connectivity index (χ2n) is 4.63. The van der Waals surface area contributed by atoms with Gasteiger partial charge in [-0.15, -0.1) is 0 Å². The minimum absolute atomic E-state index is 0.158. The number of aliphatic hydroxyl groups is 1. The Bertz CT molecular complexity index is 364. The summed E-state index contributed by atoms with van der Waals surface area (Å²) in [4.78, 5) is 11.6. The van der Waals surface area contributed by atoms with E-state index in [1.807, 2.05) is 44.2 Å². The lowest BCUT2D eigenvalue weighted by Crippen LogP contribution is -2.42. The smallest absolute Gasteiger partial charge is 0.315 e. The Kier molecular flexibility index (Phi) is 6.97. The number of urea groups is 1. The Balaban J connectivity index is 2.25. The summed E-state index contributed by atoms with van der Waals surface area (Å²) in [5.41, 5.74) is 0.879. The fourth-order valence-electron chi connectivity index (χ4n) is 1.89. The molecule has 4 heteroatoms. The molecule has 1 aromatic rings. The SMILES string of the molecule is CCC(CC)NC(=O)NCCC(O)c1ccccc1. The Morgan fingerprint density at radius 2 is 1.84 bits per heavy atom. The van der Waals surface area contributed by atoms with Crippen LogP contribution in [0.2, 0.25) is 0 Å². The molecule has 0 bridgehead atoms. The highest BCUT2D eigenvalue weighted by atomic mass is 16.3. The molecule has 0 aliphatic rings. The van der Waals surface area contributed by atoms with Crippen LogP contribution in [-0.4, -0.2) is 23.7 Å². The first-order valence-corrected chi connectivity index (χ1v) is 6.94. The normalized spacial score (nSPS) is 12.2. The van der Waals surface area contributed by atoms with Gasteiger partial charge in [0.2, 0.25) is 0 Å². The molecule has 106 valence electrons. The zero-order valence-electron chi connectivity index (χ0n) is 11.7. The maximum Gasteiger partial charge on any atom is 0.315 e. The lowest BCUT2D eigenvalue weighted by atomic mass is 10.1. The average Bonchev–Trinajstić information content (AvgIpc) is 2.45. The summed E-state index contributed by atoms with van der Waals surface area (Å²) in [7, 11) is 0. The Hall–Kier alpha value is -1.55. The zero-order chi connectivity index (χ0) is 14.1. The number of carbonyl (C=O) groups excluding carboxylic acids is 1. The molecule has 3 N–H and O–H groups in total. The van der Waals surface area contributed by atoms with Gasteiger partial charge in [-0.2, -0.15) is 0 Å². The third-order valence-corrected chi connectivity index (χ3v) is 3.21. The van der Waals surface area contributed by atoms with E-state index in [0.29, 0.717) is 13.0 Å². The van der Waals surface area contributed by atoms with Crippen LogP contribution in [-0.2, 0) is 0 Å².